The summed E-state index contributed by atoms with van der Waals surface area (Å²) in [5.41, 5.74) is 0.333. The summed E-state index contributed by atoms with van der Waals surface area (Å²) in [6.45, 7) is 2.84. The highest BCUT2D eigenvalue weighted by Crippen LogP contribution is 2.28. The lowest BCUT2D eigenvalue weighted by Crippen LogP contribution is -2.28. The zero-order valence-electron chi connectivity index (χ0n) is 6.64. The second-order valence-corrected chi connectivity index (χ2v) is 2.60. The summed E-state index contributed by atoms with van der Waals surface area (Å²) in [6.07, 6.45) is -4.02. The van der Waals surface area contributed by atoms with E-state index in [0.29, 0.717) is 11.6 Å². The number of allylic oxidation sites excluding steroid dienone is 1. The third-order valence-corrected chi connectivity index (χ3v) is 1.12. The van der Waals surface area contributed by atoms with E-state index >= 15 is 0 Å². The van der Waals surface area contributed by atoms with Gasteiger partial charge in [0.05, 0.1) is 0 Å². The van der Waals surface area contributed by atoms with Gasteiger partial charge in [0, 0.05) is 0 Å². The third-order valence-electron chi connectivity index (χ3n) is 1.12. The fourth-order valence-electron chi connectivity index (χ4n) is 0.639. The third kappa shape index (κ3) is 3.41. The molecule has 0 fully saturated rings. The van der Waals surface area contributed by atoms with Gasteiger partial charge in [-0.3, -0.25) is 4.79 Å². The largest absolute Gasteiger partial charge is 0.481 e. The van der Waals surface area contributed by atoms with Crippen LogP contribution in [0.2, 0.25) is 0 Å². The van der Waals surface area contributed by atoms with Crippen LogP contribution in [-0.4, -0.2) is 17.3 Å². The highest BCUT2D eigenvalue weighted by Gasteiger charge is 2.43. The fourth-order valence-corrected chi connectivity index (χ4v) is 0.639. The lowest BCUT2D eigenvalue weighted by atomic mass is 10.1. The maximum atomic E-state index is 11.9. The van der Waals surface area contributed by atoms with Crippen molar-refractivity contribution in [2.75, 3.05) is 0 Å². The molecule has 0 spiro atoms. The maximum Gasteiger partial charge on any atom is 0.405 e. The van der Waals surface area contributed by atoms with Gasteiger partial charge in [-0.1, -0.05) is 11.6 Å². The minimum absolute atomic E-state index is 0.333. The van der Waals surface area contributed by atoms with Crippen molar-refractivity contribution in [1.82, 2.24) is 0 Å². The van der Waals surface area contributed by atoms with Gasteiger partial charge in [0.25, 0.3) is 0 Å². The Kier molecular flexibility index (Phi) is 3.30. The van der Waals surface area contributed by atoms with Gasteiger partial charge in [0.2, 0.25) is 0 Å². The fraction of sp³-hybridized carbons (Fsp3) is 0.571. The number of carboxylic acids is 1. The Bertz CT molecular complexity index is 201. The topological polar surface area (TPSA) is 37.3 Å². The molecular weight excluding hydrogens is 173 g/mol. The Hall–Kier alpha value is -1.00. The first-order valence-corrected chi connectivity index (χ1v) is 3.19. The Balaban J connectivity index is 4.70. The first-order chi connectivity index (χ1) is 5.25. The van der Waals surface area contributed by atoms with Crippen LogP contribution in [0.3, 0.4) is 0 Å². The molecule has 1 N–H and O–H groups in total. The highest BCUT2D eigenvalue weighted by molar-refractivity contribution is 5.73. The molecule has 0 bridgehead atoms. The molecule has 0 heterocycles. The van der Waals surface area contributed by atoms with Crippen LogP contribution in [0, 0.1) is 5.92 Å². The van der Waals surface area contributed by atoms with Crippen LogP contribution >= 0.6 is 0 Å². The quantitative estimate of drug-likeness (QED) is 0.665. The molecule has 1 atom stereocenters. The molecule has 2 nitrogen and oxygen atoms in total. The van der Waals surface area contributed by atoms with E-state index in [1.165, 1.54) is 13.8 Å². The number of aliphatic carboxylic acids is 1. The minimum atomic E-state index is -4.71. The van der Waals surface area contributed by atoms with Crippen LogP contribution in [0.1, 0.15) is 13.8 Å². The first kappa shape index (κ1) is 11.0. The zero-order valence-corrected chi connectivity index (χ0v) is 6.64. The molecule has 12 heavy (non-hydrogen) atoms. The van der Waals surface area contributed by atoms with Crippen LogP contribution in [-0.2, 0) is 4.79 Å². The molecule has 0 aliphatic heterocycles. The van der Waals surface area contributed by atoms with Crippen molar-refractivity contribution in [2.24, 2.45) is 5.92 Å². The Labute approximate surface area is 67.7 Å². The van der Waals surface area contributed by atoms with Crippen molar-refractivity contribution in [3.63, 3.8) is 0 Å². The summed E-state index contributed by atoms with van der Waals surface area (Å²) >= 11 is 0. The van der Waals surface area contributed by atoms with Gasteiger partial charge in [-0.05, 0) is 13.8 Å². The summed E-state index contributed by atoms with van der Waals surface area (Å²) in [5, 5.41) is 8.19. The van der Waals surface area contributed by atoms with E-state index in [4.69, 9.17) is 5.11 Å². The molecule has 0 aliphatic carbocycles. The van der Waals surface area contributed by atoms with Crippen molar-refractivity contribution in [3.8, 4) is 0 Å². The summed E-state index contributed by atoms with van der Waals surface area (Å²) in [6, 6.07) is 0. The molecule has 0 saturated carbocycles. The molecule has 0 rings (SSSR count). The number of hydrogen-bond donors (Lipinski definition) is 1. The lowest BCUT2D eigenvalue weighted by Gasteiger charge is -2.12. The van der Waals surface area contributed by atoms with Crippen LogP contribution in [0.5, 0.6) is 0 Å². The number of carbonyl (C=O) groups is 1. The molecule has 0 amide bonds. The van der Waals surface area contributed by atoms with E-state index in [9.17, 15) is 18.0 Å². The first-order valence-electron chi connectivity index (χ1n) is 3.19. The Morgan fingerprint density at radius 1 is 1.42 bits per heavy atom. The number of carboxylic acid groups (broad SMARTS) is 1. The minimum Gasteiger partial charge on any atom is -0.481 e. The highest BCUT2D eigenvalue weighted by atomic mass is 19.4. The normalized spacial score (nSPS) is 13.8. The van der Waals surface area contributed by atoms with Crippen LogP contribution < -0.4 is 0 Å². The molecule has 0 aliphatic rings. The van der Waals surface area contributed by atoms with E-state index < -0.39 is 18.1 Å². The molecule has 5 heteroatoms. The Morgan fingerprint density at radius 3 is 1.92 bits per heavy atom. The number of hydrogen-bond acceptors (Lipinski definition) is 1. The second-order valence-electron chi connectivity index (χ2n) is 2.60. The van der Waals surface area contributed by atoms with Gasteiger partial charge in [-0.25, -0.2) is 0 Å². The number of alkyl halides is 3. The smallest absolute Gasteiger partial charge is 0.405 e. The predicted octanol–water partition coefficient (Wildman–Crippen LogP) is 2.22. The molecule has 0 aromatic rings. The van der Waals surface area contributed by atoms with Gasteiger partial charge in [-0.2, -0.15) is 13.2 Å². The van der Waals surface area contributed by atoms with Crippen molar-refractivity contribution in [3.05, 3.63) is 11.6 Å². The molecular formula is C7H9F3O2. The average Bonchev–Trinajstić information content (AvgIpc) is 1.79. The van der Waals surface area contributed by atoms with Gasteiger partial charge in [0.1, 0.15) is 0 Å². The summed E-state index contributed by atoms with van der Waals surface area (Å²) < 4.78 is 35.7. The molecule has 0 aromatic heterocycles. The van der Waals surface area contributed by atoms with Crippen molar-refractivity contribution in [2.45, 2.75) is 20.0 Å². The second kappa shape index (κ2) is 3.60. The van der Waals surface area contributed by atoms with Crippen LogP contribution in [0.4, 0.5) is 13.2 Å². The van der Waals surface area contributed by atoms with Gasteiger partial charge < -0.3 is 5.11 Å². The summed E-state index contributed by atoms with van der Waals surface area (Å²) in [4.78, 5) is 10.1. The Morgan fingerprint density at radius 2 is 1.83 bits per heavy atom. The molecule has 70 valence electrons. The molecule has 0 aromatic carbocycles. The van der Waals surface area contributed by atoms with Gasteiger partial charge in [0.15, 0.2) is 5.92 Å². The van der Waals surface area contributed by atoms with E-state index in [1.807, 2.05) is 0 Å². The number of halogens is 3. The average molecular weight is 182 g/mol. The number of rotatable bonds is 2. The van der Waals surface area contributed by atoms with Gasteiger partial charge in [-0.15, -0.1) is 0 Å². The standard InChI is InChI=1S/C7H9F3O2/c1-4(2)3-5(6(11)12)7(8,9)10/h3,5H,1-2H3,(H,11,12). The maximum absolute atomic E-state index is 11.9. The van der Waals surface area contributed by atoms with Gasteiger partial charge >= 0.3 is 12.1 Å². The van der Waals surface area contributed by atoms with Crippen LogP contribution in [0.15, 0.2) is 11.6 Å². The molecule has 1 unspecified atom stereocenters. The molecule has 0 radical (unpaired) electrons. The van der Waals surface area contributed by atoms with E-state index in [2.05, 4.69) is 0 Å². The summed E-state index contributed by atoms with van der Waals surface area (Å²) in [5.74, 6) is -4.26. The molecule has 0 saturated heterocycles. The SMILES string of the molecule is CC(C)=CC(C(=O)O)C(F)(F)F. The van der Waals surface area contributed by atoms with E-state index in [0.717, 1.165) is 0 Å². The van der Waals surface area contributed by atoms with Crippen LogP contribution in [0.25, 0.3) is 0 Å². The lowest BCUT2D eigenvalue weighted by molar-refractivity contribution is -0.183. The van der Waals surface area contributed by atoms with Crippen molar-refractivity contribution < 1.29 is 23.1 Å². The predicted molar refractivity (Wildman–Crippen MR) is 36.6 cm³/mol. The zero-order chi connectivity index (χ0) is 9.94. The summed E-state index contributed by atoms with van der Waals surface area (Å²) in [7, 11) is 0. The van der Waals surface area contributed by atoms with E-state index in [-0.39, 0.29) is 0 Å². The van der Waals surface area contributed by atoms with Crippen molar-refractivity contribution >= 4 is 5.97 Å². The monoisotopic (exact) mass is 182 g/mol. The van der Waals surface area contributed by atoms with Crippen molar-refractivity contribution in [1.29, 1.82) is 0 Å². The van der Waals surface area contributed by atoms with E-state index in [1.54, 1.807) is 0 Å².